The van der Waals surface area contributed by atoms with E-state index in [-0.39, 0.29) is 17.6 Å². The fourth-order valence-corrected chi connectivity index (χ4v) is 3.43. The van der Waals surface area contributed by atoms with E-state index in [1.165, 1.54) is 0 Å². The molecule has 0 aliphatic heterocycles. The van der Waals surface area contributed by atoms with Crippen LogP contribution < -0.4 is 26.7 Å². The van der Waals surface area contributed by atoms with Crippen LogP contribution in [0.3, 0.4) is 0 Å². The molecule has 0 saturated heterocycles. The van der Waals surface area contributed by atoms with Gasteiger partial charge in [0.05, 0.1) is 12.2 Å². The summed E-state index contributed by atoms with van der Waals surface area (Å²) in [6.45, 7) is 0.534. The Balaban J connectivity index is 1.58. The first kappa shape index (κ1) is 19.8. The van der Waals surface area contributed by atoms with E-state index < -0.39 is 5.69 Å². The second-order valence-electron chi connectivity index (χ2n) is 7.91. The predicted molar refractivity (Wildman–Crippen MR) is 119 cm³/mol. The van der Waals surface area contributed by atoms with Crippen LogP contribution in [-0.4, -0.2) is 54.8 Å². The third-order valence-corrected chi connectivity index (χ3v) is 5.17. The summed E-state index contributed by atoms with van der Waals surface area (Å²) in [5.74, 6) is 0.178. The molecular formula is C21H23N9O2. The second kappa shape index (κ2) is 7.84. The van der Waals surface area contributed by atoms with Crippen LogP contribution in [0.5, 0.6) is 5.88 Å². The number of aromatic amines is 2. The molecule has 0 bridgehead atoms. The number of nitrogens with zero attached hydrogens (tertiary/aromatic N) is 6. The predicted octanol–water partition coefficient (Wildman–Crippen LogP) is 0.135. The minimum absolute atomic E-state index is 0.245. The highest BCUT2D eigenvalue weighted by Crippen LogP contribution is 2.22. The van der Waals surface area contributed by atoms with Crippen molar-refractivity contribution >= 4 is 23.4 Å². The molecular weight excluding hydrogens is 410 g/mol. The number of aromatic hydroxyl groups is 1. The smallest absolute Gasteiger partial charge is 0.326 e. The lowest BCUT2D eigenvalue weighted by Crippen LogP contribution is -2.25. The lowest BCUT2D eigenvalue weighted by Gasteiger charge is -2.17. The average molecular weight is 433 g/mol. The Labute approximate surface area is 182 Å². The molecule has 11 nitrogen and oxygen atoms in total. The second-order valence-corrected chi connectivity index (χ2v) is 7.91. The highest BCUT2D eigenvalue weighted by molar-refractivity contribution is 5.57. The van der Waals surface area contributed by atoms with Gasteiger partial charge in [0.2, 0.25) is 11.8 Å². The van der Waals surface area contributed by atoms with Crippen LogP contribution >= 0.6 is 0 Å². The molecule has 1 saturated carbocycles. The van der Waals surface area contributed by atoms with Crippen molar-refractivity contribution in [2.24, 2.45) is 4.99 Å². The number of anilines is 2. The van der Waals surface area contributed by atoms with Gasteiger partial charge in [0, 0.05) is 31.5 Å². The van der Waals surface area contributed by atoms with Crippen molar-refractivity contribution in [3.63, 3.8) is 0 Å². The van der Waals surface area contributed by atoms with Crippen molar-refractivity contribution in [1.82, 2.24) is 29.5 Å². The lowest BCUT2D eigenvalue weighted by atomic mass is 10.1. The number of rotatable bonds is 6. The van der Waals surface area contributed by atoms with E-state index in [1.807, 2.05) is 26.2 Å². The zero-order chi connectivity index (χ0) is 22.2. The molecule has 0 atom stereocenters. The standard InChI is InChI=1S/C21H23N9O2/c1-29(2)16-6-4-3-5-12(16)10-22-19-26-17-13(9-15-18(31)27-21(32)25-15)11-23-30(17)20(28-19)24-14-7-8-14/h3-6,9,11,14,31H,7-8,10H2,1-2H3,(H,22,24,28)(H2,25,27,32). The minimum Gasteiger partial charge on any atom is -0.493 e. The quantitative estimate of drug-likeness (QED) is 0.339. The maximum atomic E-state index is 11.5. The van der Waals surface area contributed by atoms with Gasteiger partial charge in [0.25, 0.3) is 5.62 Å². The summed E-state index contributed by atoms with van der Waals surface area (Å²) >= 11 is 0. The zero-order valence-corrected chi connectivity index (χ0v) is 17.7. The molecule has 0 unspecified atom stereocenters. The van der Waals surface area contributed by atoms with E-state index in [2.05, 4.69) is 52.4 Å². The number of hydrogen-bond donors (Lipinski definition) is 4. The average Bonchev–Trinajstić information content (AvgIpc) is 3.40. The molecule has 32 heavy (non-hydrogen) atoms. The molecule has 1 fully saturated rings. The molecule has 3 heterocycles. The first-order chi connectivity index (χ1) is 15.5. The molecule has 1 aliphatic carbocycles. The van der Waals surface area contributed by atoms with E-state index in [9.17, 15) is 9.90 Å². The third-order valence-electron chi connectivity index (χ3n) is 5.17. The molecule has 164 valence electrons. The largest absolute Gasteiger partial charge is 0.493 e. The van der Waals surface area contributed by atoms with E-state index in [0.29, 0.717) is 29.0 Å². The summed E-state index contributed by atoms with van der Waals surface area (Å²) in [6.07, 6.45) is 5.27. The van der Waals surface area contributed by atoms with Crippen LogP contribution in [-0.2, 0) is 6.54 Å². The first-order valence-corrected chi connectivity index (χ1v) is 10.3. The number of imidazole rings is 1. The summed E-state index contributed by atoms with van der Waals surface area (Å²) in [4.78, 5) is 32.3. The lowest BCUT2D eigenvalue weighted by molar-refractivity contribution is 0.454. The van der Waals surface area contributed by atoms with Gasteiger partial charge in [0.15, 0.2) is 5.65 Å². The van der Waals surface area contributed by atoms with Gasteiger partial charge in [-0.1, -0.05) is 18.2 Å². The molecule has 1 aliphatic rings. The van der Waals surface area contributed by atoms with Gasteiger partial charge in [-0.25, -0.2) is 9.79 Å². The van der Waals surface area contributed by atoms with E-state index in [0.717, 1.165) is 24.1 Å². The summed E-state index contributed by atoms with van der Waals surface area (Å²) in [7, 11) is 4.01. The summed E-state index contributed by atoms with van der Waals surface area (Å²) in [5, 5.41) is 18.2. The number of H-pyrrole nitrogens is 2. The molecule has 0 amide bonds. The Morgan fingerprint density at radius 2 is 2.09 bits per heavy atom. The summed E-state index contributed by atoms with van der Waals surface area (Å²) in [6, 6.07) is 8.36. The number of nitrogens with one attached hydrogen (secondary N) is 3. The molecule has 11 heteroatoms. The Hall–Kier alpha value is -4.15. The minimum atomic E-state index is -0.494. The highest BCUT2D eigenvalue weighted by atomic mass is 16.3. The molecule has 1 aromatic carbocycles. The molecule has 4 N–H and O–H groups in total. The van der Waals surface area contributed by atoms with Crippen LogP contribution in [0.4, 0.5) is 11.6 Å². The topological polar surface area (TPSA) is 140 Å². The van der Waals surface area contributed by atoms with E-state index >= 15 is 0 Å². The number of benzene rings is 1. The molecule has 5 rings (SSSR count). The first-order valence-electron chi connectivity index (χ1n) is 10.3. The van der Waals surface area contributed by atoms with Crippen LogP contribution in [0.15, 0.2) is 40.2 Å². The Morgan fingerprint density at radius 1 is 1.28 bits per heavy atom. The van der Waals surface area contributed by atoms with Gasteiger partial charge < -0.3 is 20.3 Å². The Morgan fingerprint density at radius 3 is 2.81 bits per heavy atom. The van der Waals surface area contributed by atoms with Crippen LogP contribution in [0.2, 0.25) is 0 Å². The van der Waals surface area contributed by atoms with Crippen LogP contribution in [0.25, 0.3) is 11.7 Å². The van der Waals surface area contributed by atoms with Crippen molar-refractivity contribution < 1.29 is 5.11 Å². The summed E-state index contributed by atoms with van der Waals surface area (Å²) < 4.78 is 1.57. The van der Waals surface area contributed by atoms with Crippen molar-refractivity contribution in [3.05, 3.63) is 63.0 Å². The molecule has 0 spiro atoms. The normalized spacial score (nSPS) is 14.9. The number of hydrogen-bond acceptors (Lipinski definition) is 8. The van der Waals surface area contributed by atoms with Crippen LogP contribution in [0, 0.1) is 0 Å². The number of fused-ring (bicyclic) bond motifs is 1. The van der Waals surface area contributed by atoms with Gasteiger partial charge in [-0.05, 0) is 30.5 Å². The maximum absolute atomic E-state index is 11.5. The van der Waals surface area contributed by atoms with Crippen molar-refractivity contribution in [2.75, 3.05) is 24.3 Å². The van der Waals surface area contributed by atoms with Crippen molar-refractivity contribution in [2.45, 2.75) is 25.4 Å². The molecule has 3 aromatic heterocycles. The molecule has 0 radical (unpaired) electrons. The highest BCUT2D eigenvalue weighted by Gasteiger charge is 2.21. The van der Waals surface area contributed by atoms with E-state index in [4.69, 9.17) is 0 Å². The fourth-order valence-electron chi connectivity index (χ4n) is 3.43. The SMILES string of the molecule is CN(C)c1ccccc1CNc1nc(=NC2CC2)n2ncc(=Cc3[nH]c(=O)[nH]c3O)c2n1. The zero-order valence-electron chi connectivity index (χ0n) is 17.7. The summed E-state index contributed by atoms with van der Waals surface area (Å²) in [5.41, 5.74) is 2.95. The monoisotopic (exact) mass is 433 g/mol. The van der Waals surface area contributed by atoms with Gasteiger partial charge in [-0.3, -0.25) is 4.98 Å². The number of para-hydroxylation sites is 1. The van der Waals surface area contributed by atoms with Crippen LogP contribution in [0.1, 0.15) is 24.1 Å². The Kier molecular flexibility index (Phi) is 4.85. The van der Waals surface area contributed by atoms with Crippen molar-refractivity contribution in [3.8, 4) is 5.88 Å². The van der Waals surface area contributed by atoms with Gasteiger partial charge in [-0.2, -0.15) is 19.6 Å². The third kappa shape index (κ3) is 3.92. The number of aromatic nitrogens is 6. The van der Waals surface area contributed by atoms with Gasteiger partial charge in [0.1, 0.15) is 5.69 Å². The van der Waals surface area contributed by atoms with Crippen molar-refractivity contribution in [1.29, 1.82) is 0 Å². The van der Waals surface area contributed by atoms with Gasteiger partial charge in [-0.15, -0.1) is 0 Å². The van der Waals surface area contributed by atoms with E-state index in [1.54, 1.807) is 16.8 Å². The maximum Gasteiger partial charge on any atom is 0.326 e. The Bertz CT molecular complexity index is 1460. The fraction of sp³-hybridized carbons (Fsp3) is 0.286. The van der Waals surface area contributed by atoms with Gasteiger partial charge >= 0.3 is 5.69 Å². The molecule has 4 aromatic rings.